The molecule has 2 atom stereocenters. The lowest BCUT2D eigenvalue weighted by Crippen LogP contribution is -2.32. The molecule has 0 saturated heterocycles. The van der Waals surface area contributed by atoms with Crippen molar-refractivity contribution in [1.29, 1.82) is 0 Å². The second kappa shape index (κ2) is 8.49. The molecule has 1 aromatic rings. The number of aliphatic carboxylic acids is 1. The van der Waals surface area contributed by atoms with E-state index in [0.717, 1.165) is 22.1 Å². The molecule has 0 aromatic heterocycles. The first-order valence-electron chi connectivity index (χ1n) is 5.81. The van der Waals surface area contributed by atoms with Crippen molar-refractivity contribution in [2.75, 3.05) is 14.9 Å². The van der Waals surface area contributed by atoms with Crippen LogP contribution in [0.4, 0.5) is 5.69 Å². The molecule has 5 nitrogen and oxygen atoms in total. The van der Waals surface area contributed by atoms with Crippen LogP contribution in [0.15, 0.2) is 24.3 Å². The van der Waals surface area contributed by atoms with Crippen LogP contribution in [-0.2, 0) is 22.2 Å². The zero-order valence-corrected chi connectivity index (χ0v) is 13.3. The third-order valence-electron chi connectivity index (χ3n) is 2.39. The first kappa shape index (κ1) is 16.4. The van der Waals surface area contributed by atoms with E-state index in [2.05, 4.69) is 27.3 Å². The van der Waals surface area contributed by atoms with Gasteiger partial charge in [0.1, 0.15) is 17.0 Å². The predicted molar refractivity (Wildman–Crippen MR) is 85.9 cm³/mol. The van der Waals surface area contributed by atoms with E-state index in [1.54, 1.807) is 18.2 Å². The van der Waals surface area contributed by atoms with Crippen LogP contribution in [-0.4, -0.2) is 31.5 Å². The number of carboxylic acid groups (broad SMARTS) is 1. The van der Waals surface area contributed by atoms with E-state index in [0.29, 0.717) is 5.75 Å². The number of nitrogens with two attached hydrogens (primary N) is 1. The van der Waals surface area contributed by atoms with E-state index in [4.69, 9.17) is 10.8 Å². The zero-order chi connectivity index (χ0) is 14.3. The SMILES string of the molecule is N[C@@H](Cc1cccc(NS(=O)CCCI)c1)C(=O)O. The van der Waals surface area contributed by atoms with Crippen LogP contribution >= 0.6 is 22.6 Å². The van der Waals surface area contributed by atoms with Crippen molar-refractivity contribution in [3.05, 3.63) is 29.8 Å². The van der Waals surface area contributed by atoms with Gasteiger partial charge in [-0.15, -0.1) is 0 Å². The van der Waals surface area contributed by atoms with Gasteiger partial charge in [-0.3, -0.25) is 4.79 Å². The van der Waals surface area contributed by atoms with Gasteiger partial charge >= 0.3 is 5.97 Å². The average molecular weight is 396 g/mol. The van der Waals surface area contributed by atoms with Crippen LogP contribution in [0.5, 0.6) is 0 Å². The summed E-state index contributed by atoms with van der Waals surface area (Å²) in [6, 6.07) is 6.27. The van der Waals surface area contributed by atoms with Gasteiger partial charge in [0.05, 0.1) is 0 Å². The van der Waals surface area contributed by atoms with E-state index >= 15 is 0 Å². The van der Waals surface area contributed by atoms with Crippen LogP contribution in [0, 0.1) is 0 Å². The number of carboxylic acids is 1. The van der Waals surface area contributed by atoms with Gasteiger partial charge < -0.3 is 15.6 Å². The third-order valence-corrected chi connectivity index (χ3v) is 4.28. The van der Waals surface area contributed by atoms with Crippen molar-refractivity contribution in [1.82, 2.24) is 0 Å². The lowest BCUT2D eigenvalue weighted by molar-refractivity contribution is -0.138. The molecule has 106 valence electrons. The van der Waals surface area contributed by atoms with E-state index in [1.165, 1.54) is 0 Å². The van der Waals surface area contributed by atoms with Crippen molar-refractivity contribution >= 4 is 45.2 Å². The fourth-order valence-corrected chi connectivity index (χ4v) is 3.27. The Bertz CT molecular complexity index is 456. The van der Waals surface area contributed by atoms with E-state index < -0.39 is 23.0 Å². The molecular weight excluding hydrogens is 379 g/mol. The Labute approximate surface area is 128 Å². The second-order valence-corrected chi connectivity index (χ2v) is 6.43. The van der Waals surface area contributed by atoms with Gasteiger partial charge in [-0.25, -0.2) is 4.21 Å². The fourth-order valence-electron chi connectivity index (χ4n) is 1.47. The van der Waals surface area contributed by atoms with Gasteiger partial charge in [0.25, 0.3) is 0 Å². The van der Waals surface area contributed by atoms with Crippen molar-refractivity contribution < 1.29 is 14.1 Å². The van der Waals surface area contributed by atoms with Crippen LogP contribution in [0.1, 0.15) is 12.0 Å². The lowest BCUT2D eigenvalue weighted by Gasteiger charge is -2.09. The summed E-state index contributed by atoms with van der Waals surface area (Å²) in [5.74, 6) is -0.425. The van der Waals surface area contributed by atoms with Crippen molar-refractivity contribution in [3.63, 3.8) is 0 Å². The molecule has 0 amide bonds. The Morgan fingerprint density at radius 2 is 2.26 bits per heavy atom. The van der Waals surface area contributed by atoms with Gasteiger partial charge in [0, 0.05) is 15.9 Å². The van der Waals surface area contributed by atoms with Gasteiger partial charge in [-0.2, -0.15) is 0 Å². The summed E-state index contributed by atoms with van der Waals surface area (Å²) >= 11 is 2.24. The molecule has 4 N–H and O–H groups in total. The summed E-state index contributed by atoms with van der Waals surface area (Å²) in [6.45, 7) is 0. The second-order valence-electron chi connectivity index (χ2n) is 4.04. The van der Waals surface area contributed by atoms with Crippen LogP contribution in [0.3, 0.4) is 0 Å². The molecule has 7 heteroatoms. The molecule has 1 aromatic carbocycles. The maximum atomic E-state index is 11.7. The number of hydrogen-bond acceptors (Lipinski definition) is 3. The van der Waals surface area contributed by atoms with E-state index in [9.17, 15) is 9.00 Å². The molecule has 0 aliphatic carbocycles. The summed E-state index contributed by atoms with van der Waals surface area (Å²) in [5, 5.41) is 8.77. The lowest BCUT2D eigenvalue weighted by atomic mass is 10.1. The number of alkyl halides is 1. The number of benzene rings is 1. The molecule has 0 aliphatic rings. The number of rotatable bonds is 8. The number of halogens is 1. The normalized spacial score (nSPS) is 13.8. The topological polar surface area (TPSA) is 92.4 Å². The smallest absolute Gasteiger partial charge is 0.320 e. The van der Waals surface area contributed by atoms with Crippen LogP contribution < -0.4 is 10.5 Å². The number of nitrogens with one attached hydrogen (secondary N) is 1. The summed E-state index contributed by atoms with van der Waals surface area (Å²) in [4.78, 5) is 10.7. The number of anilines is 1. The highest BCUT2D eigenvalue weighted by Gasteiger charge is 2.12. The molecule has 0 bridgehead atoms. The Morgan fingerprint density at radius 3 is 2.89 bits per heavy atom. The van der Waals surface area contributed by atoms with Gasteiger partial charge in [-0.1, -0.05) is 34.7 Å². The minimum atomic E-state index is -1.10. The van der Waals surface area contributed by atoms with Crippen LogP contribution in [0.25, 0.3) is 0 Å². The Hall–Kier alpha value is -0.670. The number of carbonyl (C=O) groups is 1. The summed E-state index contributed by atoms with van der Waals surface area (Å²) < 4.78 is 15.6. The highest BCUT2D eigenvalue weighted by Crippen LogP contribution is 2.13. The molecule has 1 unspecified atom stereocenters. The minimum absolute atomic E-state index is 0.255. The third kappa shape index (κ3) is 6.35. The Kier molecular flexibility index (Phi) is 7.32. The highest BCUT2D eigenvalue weighted by atomic mass is 127. The van der Waals surface area contributed by atoms with E-state index in [1.807, 2.05) is 6.07 Å². The van der Waals surface area contributed by atoms with Crippen molar-refractivity contribution in [3.8, 4) is 0 Å². The van der Waals surface area contributed by atoms with Crippen molar-refractivity contribution in [2.45, 2.75) is 18.9 Å². The Morgan fingerprint density at radius 1 is 1.53 bits per heavy atom. The molecule has 0 spiro atoms. The predicted octanol–water partition coefficient (Wildman–Crippen LogP) is 1.54. The van der Waals surface area contributed by atoms with Gasteiger partial charge in [0.2, 0.25) is 0 Å². The quantitative estimate of drug-likeness (QED) is 0.459. The van der Waals surface area contributed by atoms with Gasteiger partial charge in [-0.05, 0) is 30.5 Å². The monoisotopic (exact) mass is 396 g/mol. The molecule has 0 fully saturated rings. The minimum Gasteiger partial charge on any atom is -0.480 e. The summed E-state index contributed by atoms with van der Waals surface area (Å²) in [5.41, 5.74) is 7.02. The maximum absolute atomic E-state index is 11.7. The Balaban J connectivity index is 2.61. The largest absolute Gasteiger partial charge is 0.480 e. The van der Waals surface area contributed by atoms with Crippen molar-refractivity contribution in [2.24, 2.45) is 5.73 Å². The van der Waals surface area contributed by atoms with Gasteiger partial charge in [0.15, 0.2) is 0 Å². The summed E-state index contributed by atoms with van der Waals surface area (Å²) in [7, 11) is -1.10. The highest BCUT2D eigenvalue weighted by molar-refractivity contribution is 14.1. The first-order valence-corrected chi connectivity index (χ1v) is 8.65. The molecule has 0 aliphatic heterocycles. The molecule has 19 heavy (non-hydrogen) atoms. The summed E-state index contributed by atoms with van der Waals surface area (Å²) in [6.07, 6.45) is 1.15. The molecule has 0 radical (unpaired) electrons. The fraction of sp³-hybridized carbons (Fsp3) is 0.417. The molecule has 0 saturated carbocycles. The zero-order valence-electron chi connectivity index (χ0n) is 10.3. The first-order chi connectivity index (χ1) is 9.02. The standard InChI is InChI=1S/C12H17IN2O3S/c13-5-2-6-19(18)15-10-4-1-3-9(7-10)8-11(14)12(16)17/h1,3-4,7,11,15H,2,5-6,8,14H2,(H,16,17)/t11-,19?/m0/s1. The molecule has 1 rings (SSSR count). The maximum Gasteiger partial charge on any atom is 0.320 e. The number of hydrogen-bond donors (Lipinski definition) is 3. The van der Waals surface area contributed by atoms with Crippen LogP contribution in [0.2, 0.25) is 0 Å². The van der Waals surface area contributed by atoms with E-state index in [-0.39, 0.29) is 6.42 Å². The average Bonchev–Trinajstić information content (AvgIpc) is 2.36. The molecular formula is C12H17IN2O3S. The molecule has 0 heterocycles.